The summed E-state index contributed by atoms with van der Waals surface area (Å²) in [6.45, 7) is -0.414. The monoisotopic (exact) mass is 187 g/mol. The van der Waals surface area contributed by atoms with Crippen LogP contribution in [0.15, 0.2) is 0 Å². The van der Waals surface area contributed by atoms with E-state index in [1.165, 1.54) is 0 Å². The van der Waals surface area contributed by atoms with Crippen molar-refractivity contribution in [2.75, 3.05) is 13.1 Å². The Kier molecular flexibility index (Phi) is 2.50. The summed E-state index contributed by atoms with van der Waals surface area (Å²) in [4.78, 5) is 32.8. The quantitative estimate of drug-likeness (QED) is 0.591. The Morgan fingerprint density at radius 2 is 2.08 bits per heavy atom. The van der Waals surface area contributed by atoms with Crippen LogP contribution in [0.25, 0.3) is 0 Å². The lowest BCUT2D eigenvalue weighted by Crippen LogP contribution is -2.31. The van der Waals surface area contributed by atoms with Gasteiger partial charge in [-0.2, -0.15) is 0 Å². The molecule has 0 aromatic carbocycles. The van der Waals surface area contributed by atoms with Crippen LogP contribution in [0.4, 0.5) is 0 Å². The molecule has 1 atom stereocenters. The van der Waals surface area contributed by atoms with Crippen LogP contribution in [0.1, 0.15) is 6.42 Å². The highest BCUT2D eigenvalue weighted by Gasteiger charge is 2.34. The van der Waals surface area contributed by atoms with Gasteiger partial charge in [0, 0.05) is 13.0 Å². The maximum atomic E-state index is 11.0. The fraction of sp³-hybridized carbons (Fsp3) is 0.571. The van der Waals surface area contributed by atoms with Crippen LogP contribution >= 0.6 is 0 Å². The number of rotatable bonds is 3. The van der Waals surface area contributed by atoms with Gasteiger partial charge in [-0.05, 0) is 0 Å². The molecular formula is C7H9NO5. The minimum atomic E-state index is -1.13. The summed E-state index contributed by atoms with van der Waals surface area (Å²) in [5.41, 5.74) is 0. The molecule has 1 saturated heterocycles. The highest BCUT2D eigenvalue weighted by Crippen LogP contribution is 2.17. The highest BCUT2D eigenvalue weighted by molar-refractivity contribution is 5.88. The van der Waals surface area contributed by atoms with Gasteiger partial charge in [0.15, 0.2) is 0 Å². The second-order valence-electron chi connectivity index (χ2n) is 2.91. The molecule has 0 bridgehead atoms. The third kappa shape index (κ3) is 2.17. The summed E-state index contributed by atoms with van der Waals surface area (Å²) in [6.07, 6.45) is -0.0946. The van der Waals surface area contributed by atoms with Crippen LogP contribution in [-0.2, 0) is 14.4 Å². The van der Waals surface area contributed by atoms with E-state index >= 15 is 0 Å². The van der Waals surface area contributed by atoms with Gasteiger partial charge in [0.1, 0.15) is 6.54 Å². The molecule has 1 aliphatic rings. The summed E-state index contributed by atoms with van der Waals surface area (Å²) >= 11 is 0. The van der Waals surface area contributed by atoms with Crippen molar-refractivity contribution in [2.24, 2.45) is 5.92 Å². The third-order valence-corrected chi connectivity index (χ3v) is 1.89. The molecule has 2 N–H and O–H groups in total. The van der Waals surface area contributed by atoms with Gasteiger partial charge in [0.2, 0.25) is 5.91 Å². The van der Waals surface area contributed by atoms with Gasteiger partial charge in [-0.1, -0.05) is 0 Å². The van der Waals surface area contributed by atoms with E-state index in [4.69, 9.17) is 10.2 Å². The van der Waals surface area contributed by atoms with Crippen molar-refractivity contribution in [3.8, 4) is 0 Å². The molecular weight excluding hydrogens is 178 g/mol. The molecule has 0 radical (unpaired) electrons. The van der Waals surface area contributed by atoms with Crippen LogP contribution in [-0.4, -0.2) is 46.0 Å². The van der Waals surface area contributed by atoms with E-state index in [-0.39, 0.29) is 13.0 Å². The first kappa shape index (κ1) is 9.50. The van der Waals surface area contributed by atoms with Crippen molar-refractivity contribution in [2.45, 2.75) is 6.42 Å². The van der Waals surface area contributed by atoms with Crippen LogP contribution in [0.2, 0.25) is 0 Å². The van der Waals surface area contributed by atoms with E-state index in [9.17, 15) is 14.4 Å². The van der Waals surface area contributed by atoms with Crippen LogP contribution in [0.3, 0.4) is 0 Å². The topological polar surface area (TPSA) is 94.9 Å². The molecule has 1 amide bonds. The van der Waals surface area contributed by atoms with Crippen LogP contribution in [0.5, 0.6) is 0 Å². The molecule has 0 saturated carbocycles. The van der Waals surface area contributed by atoms with E-state index in [0.717, 1.165) is 4.90 Å². The van der Waals surface area contributed by atoms with Crippen molar-refractivity contribution >= 4 is 17.8 Å². The molecule has 1 aliphatic heterocycles. The normalized spacial score (nSPS) is 22.0. The number of hydrogen-bond donors (Lipinski definition) is 2. The zero-order valence-electron chi connectivity index (χ0n) is 6.77. The van der Waals surface area contributed by atoms with E-state index in [0.29, 0.717) is 0 Å². The summed E-state index contributed by atoms with van der Waals surface area (Å²) in [7, 11) is 0. The number of carboxylic acid groups (broad SMARTS) is 2. The van der Waals surface area contributed by atoms with E-state index in [2.05, 4.69) is 0 Å². The van der Waals surface area contributed by atoms with E-state index < -0.39 is 30.3 Å². The zero-order valence-corrected chi connectivity index (χ0v) is 6.77. The number of aliphatic carboxylic acids is 2. The van der Waals surface area contributed by atoms with Gasteiger partial charge in [0.25, 0.3) is 0 Å². The number of nitrogens with zero attached hydrogens (tertiary/aromatic N) is 1. The SMILES string of the molecule is O=C(O)CN1C[C@H](C(=O)O)CC1=O. The van der Waals surface area contributed by atoms with Crippen LogP contribution < -0.4 is 0 Å². The van der Waals surface area contributed by atoms with Crippen molar-refractivity contribution in [3.63, 3.8) is 0 Å². The van der Waals surface area contributed by atoms with E-state index in [1.54, 1.807) is 0 Å². The maximum Gasteiger partial charge on any atom is 0.323 e. The van der Waals surface area contributed by atoms with Crippen molar-refractivity contribution in [1.82, 2.24) is 4.90 Å². The average molecular weight is 187 g/mol. The second kappa shape index (κ2) is 3.42. The standard InChI is InChI=1S/C7H9NO5/c9-5-1-4(7(12)13)2-8(5)3-6(10)11/h4H,1-3H2,(H,10,11)(H,12,13)/t4-/m1/s1. The molecule has 0 unspecified atom stereocenters. The van der Waals surface area contributed by atoms with Gasteiger partial charge >= 0.3 is 11.9 Å². The molecule has 1 heterocycles. The lowest BCUT2D eigenvalue weighted by Gasteiger charge is -2.11. The number of hydrogen-bond acceptors (Lipinski definition) is 3. The molecule has 6 nitrogen and oxygen atoms in total. The number of likely N-dealkylation sites (tertiary alicyclic amines) is 1. The van der Waals surface area contributed by atoms with Gasteiger partial charge in [-0.25, -0.2) is 0 Å². The molecule has 0 aromatic heterocycles. The zero-order chi connectivity index (χ0) is 10.0. The van der Waals surface area contributed by atoms with Gasteiger partial charge in [-0.3, -0.25) is 14.4 Å². The second-order valence-corrected chi connectivity index (χ2v) is 2.91. The molecule has 1 fully saturated rings. The van der Waals surface area contributed by atoms with E-state index in [1.807, 2.05) is 0 Å². The number of carbonyl (C=O) groups is 3. The highest BCUT2D eigenvalue weighted by atomic mass is 16.4. The molecule has 0 aromatic rings. The third-order valence-electron chi connectivity index (χ3n) is 1.89. The average Bonchev–Trinajstić information content (AvgIpc) is 2.31. The Labute approximate surface area is 73.8 Å². The molecule has 0 spiro atoms. The fourth-order valence-corrected chi connectivity index (χ4v) is 1.25. The Morgan fingerprint density at radius 3 is 2.46 bits per heavy atom. The van der Waals surface area contributed by atoms with Crippen molar-refractivity contribution in [1.29, 1.82) is 0 Å². The number of carbonyl (C=O) groups excluding carboxylic acids is 1. The first-order valence-corrected chi connectivity index (χ1v) is 3.73. The molecule has 6 heteroatoms. The summed E-state index contributed by atoms with van der Waals surface area (Å²) in [6, 6.07) is 0. The molecule has 0 aliphatic carbocycles. The largest absolute Gasteiger partial charge is 0.481 e. The summed E-state index contributed by atoms with van der Waals surface area (Å²) < 4.78 is 0. The van der Waals surface area contributed by atoms with Crippen LogP contribution in [0, 0.1) is 5.92 Å². The summed E-state index contributed by atoms with van der Waals surface area (Å²) in [5, 5.41) is 16.9. The number of amides is 1. The first-order valence-electron chi connectivity index (χ1n) is 3.73. The molecule has 72 valence electrons. The van der Waals surface area contributed by atoms with Crippen molar-refractivity contribution < 1.29 is 24.6 Å². The first-order chi connectivity index (χ1) is 6.00. The Hall–Kier alpha value is -1.59. The molecule has 13 heavy (non-hydrogen) atoms. The summed E-state index contributed by atoms with van der Waals surface area (Å²) in [5.74, 6) is -3.35. The van der Waals surface area contributed by atoms with Gasteiger partial charge in [0.05, 0.1) is 5.92 Å². The Morgan fingerprint density at radius 1 is 1.46 bits per heavy atom. The minimum absolute atomic E-state index is 0.000463. The van der Waals surface area contributed by atoms with Gasteiger partial charge in [-0.15, -0.1) is 0 Å². The lowest BCUT2D eigenvalue weighted by molar-refractivity contribution is -0.143. The molecule has 1 rings (SSSR count). The van der Waals surface area contributed by atoms with Gasteiger partial charge < -0.3 is 15.1 Å². The fourth-order valence-electron chi connectivity index (χ4n) is 1.25. The predicted octanol–water partition coefficient (Wildman–Crippen LogP) is -0.996. The Bertz CT molecular complexity index is 262. The van der Waals surface area contributed by atoms with Crippen molar-refractivity contribution in [3.05, 3.63) is 0 Å². The number of carboxylic acids is 2. The lowest BCUT2D eigenvalue weighted by atomic mass is 10.1. The minimum Gasteiger partial charge on any atom is -0.481 e. The maximum absolute atomic E-state index is 11.0. The Balaban J connectivity index is 2.56. The smallest absolute Gasteiger partial charge is 0.323 e. The predicted molar refractivity (Wildman–Crippen MR) is 40.0 cm³/mol.